The Kier molecular flexibility index (Phi) is 21.4. The van der Waals surface area contributed by atoms with Gasteiger partial charge in [0.1, 0.15) is 0 Å². The number of carbonyl (C=O) groups is 1. The molecular formula is C30H44O4. The Balaban J connectivity index is 0. The van der Waals surface area contributed by atoms with Crippen LogP contribution in [0, 0.1) is 13.8 Å². The Hall–Kier alpha value is -2.95. The number of aliphatic hydroxyl groups excluding tert-OH is 2. The van der Waals surface area contributed by atoms with Gasteiger partial charge in [0.2, 0.25) is 0 Å². The van der Waals surface area contributed by atoms with Gasteiger partial charge in [-0.25, -0.2) is 0 Å². The minimum atomic E-state index is -0.782. The first-order chi connectivity index (χ1) is 16.4. The zero-order valence-electron chi connectivity index (χ0n) is 22.0. The Morgan fingerprint density at radius 1 is 0.706 bits per heavy atom. The average molecular weight is 469 g/mol. The molecular weight excluding hydrogens is 424 g/mol. The molecule has 0 unspecified atom stereocenters. The maximum atomic E-state index is 10.3. The highest BCUT2D eigenvalue weighted by Gasteiger charge is 1.98. The summed E-state index contributed by atoms with van der Waals surface area (Å²) in [5.74, 6) is -0.782. The fraction of sp³-hybridized carbons (Fsp3) is 0.367. The monoisotopic (exact) mass is 468 g/mol. The number of hydrogen-bond acceptors (Lipinski definition) is 3. The van der Waals surface area contributed by atoms with E-state index in [2.05, 4.69) is 6.92 Å². The average Bonchev–Trinajstić information content (AvgIpc) is 2.87. The number of carboxylic acids is 1. The SMILES string of the molecule is CC.CC.CCc1ccc(CO)cc1.Cc1cccc(CC(=O)O)c1.Cc1ccccc1CO. The van der Waals surface area contributed by atoms with Crippen molar-refractivity contribution in [1.29, 1.82) is 0 Å². The molecule has 188 valence electrons. The van der Waals surface area contributed by atoms with Crippen LogP contribution in [-0.4, -0.2) is 21.3 Å². The van der Waals surface area contributed by atoms with Crippen LogP contribution in [0.4, 0.5) is 0 Å². The number of aliphatic hydroxyl groups is 2. The van der Waals surface area contributed by atoms with Crippen LogP contribution in [0.5, 0.6) is 0 Å². The zero-order chi connectivity index (χ0) is 26.4. The van der Waals surface area contributed by atoms with Gasteiger partial charge in [0.15, 0.2) is 0 Å². The van der Waals surface area contributed by atoms with E-state index in [-0.39, 0.29) is 19.6 Å². The van der Waals surface area contributed by atoms with Gasteiger partial charge >= 0.3 is 5.97 Å². The van der Waals surface area contributed by atoms with Crippen LogP contribution < -0.4 is 0 Å². The summed E-state index contributed by atoms with van der Waals surface area (Å²) in [6.07, 6.45) is 1.17. The third-order valence-corrected chi connectivity index (χ3v) is 4.48. The van der Waals surface area contributed by atoms with Gasteiger partial charge < -0.3 is 15.3 Å². The van der Waals surface area contributed by atoms with E-state index in [1.54, 1.807) is 0 Å². The zero-order valence-corrected chi connectivity index (χ0v) is 22.0. The van der Waals surface area contributed by atoms with Crippen LogP contribution in [0.25, 0.3) is 0 Å². The van der Waals surface area contributed by atoms with Crippen molar-refractivity contribution in [1.82, 2.24) is 0 Å². The smallest absolute Gasteiger partial charge is 0.307 e. The molecule has 3 aromatic carbocycles. The first-order valence-electron chi connectivity index (χ1n) is 12.0. The molecule has 4 nitrogen and oxygen atoms in total. The van der Waals surface area contributed by atoms with E-state index in [1.807, 2.05) is 114 Å². The predicted molar refractivity (Wildman–Crippen MR) is 144 cm³/mol. The van der Waals surface area contributed by atoms with Crippen LogP contribution >= 0.6 is 0 Å². The van der Waals surface area contributed by atoms with Gasteiger partial charge in [-0.3, -0.25) is 4.79 Å². The first-order valence-corrected chi connectivity index (χ1v) is 12.0. The van der Waals surface area contributed by atoms with Gasteiger partial charge in [0.05, 0.1) is 19.6 Å². The van der Waals surface area contributed by atoms with E-state index in [1.165, 1.54) is 5.56 Å². The standard InChI is InChI=1S/C9H10O2.C9H12O.C8H10O.2C2H6/c1-7-3-2-4-8(5-7)6-9(10)11;1-2-8-3-5-9(7-10)6-4-8;1-7-4-2-3-5-8(7)6-9;2*1-2/h2-5H,6H2,1H3,(H,10,11);3-6,10H,2,7H2,1H3;2-5,9H,6H2,1H3;2*1-2H3. The third kappa shape index (κ3) is 15.8. The second kappa shape index (κ2) is 21.9. The van der Waals surface area contributed by atoms with Crippen molar-refractivity contribution in [2.75, 3.05) is 0 Å². The maximum Gasteiger partial charge on any atom is 0.307 e. The molecule has 0 aliphatic rings. The van der Waals surface area contributed by atoms with Crippen molar-refractivity contribution in [3.8, 4) is 0 Å². The van der Waals surface area contributed by atoms with E-state index >= 15 is 0 Å². The summed E-state index contributed by atoms with van der Waals surface area (Å²) >= 11 is 0. The highest BCUT2D eigenvalue weighted by Crippen LogP contribution is 2.06. The number of benzene rings is 3. The van der Waals surface area contributed by atoms with Crippen LogP contribution in [0.3, 0.4) is 0 Å². The molecule has 0 aliphatic carbocycles. The molecule has 3 rings (SSSR count). The lowest BCUT2D eigenvalue weighted by Crippen LogP contribution is -1.99. The Bertz CT molecular complexity index is 863. The van der Waals surface area contributed by atoms with Crippen LogP contribution in [0.1, 0.15) is 68.0 Å². The van der Waals surface area contributed by atoms with Crippen molar-refractivity contribution in [3.05, 3.63) is 106 Å². The van der Waals surface area contributed by atoms with Gasteiger partial charge in [0, 0.05) is 0 Å². The number of aryl methyl sites for hydroxylation is 3. The molecule has 0 bridgehead atoms. The summed E-state index contributed by atoms with van der Waals surface area (Å²) in [7, 11) is 0. The van der Waals surface area contributed by atoms with Crippen molar-refractivity contribution in [3.63, 3.8) is 0 Å². The summed E-state index contributed by atoms with van der Waals surface area (Å²) in [6.45, 7) is 14.3. The summed E-state index contributed by atoms with van der Waals surface area (Å²) in [5, 5.41) is 25.9. The molecule has 3 N–H and O–H groups in total. The molecule has 4 heteroatoms. The highest BCUT2D eigenvalue weighted by molar-refractivity contribution is 5.70. The molecule has 0 radical (unpaired) electrons. The predicted octanol–water partition coefficient (Wildman–Crippen LogP) is 6.90. The second-order valence-corrected chi connectivity index (χ2v) is 6.97. The highest BCUT2D eigenvalue weighted by atomic mass is 16.4. The minimum Gasteiger partial charge on any atom is -0.481 e. The van der Waals surface area contributed by atoms with Gasteiger partial charge in [0.25, 0.3) is 0 Å². The molecule has 0 spiro atoms. The number of carboxylic acid groups (broad SMARTS) is 1. The van der Waals surface area contributed by atoms with E-state index in [4.69, 9.17) is 15.3 Å². The second-order valence-electron chi connectivity index (χ2n) is 6.97. The van der Waals surface area contributed by atoms with Gasteiger partial charge in [-0.15, -0.1) is 0 Å². The number of hydrogen-bond donors (Lipinski definition) is 3. The Morgan fingerprint density at radius 3 is 1.68 bits per heavy atom. The third-order valence-electron chi connectivity index (χ3n) is 4.48. The number of rotatable bonds is 5. The molecule has 0 atom stereocenters. The van der Waals surface area contributed by atoms with E-state index in [9.17, 15) is 4.79 Å². The van der Waals surface area contributed by atoms with Crippen molar-refractivity contribution in [2.24, 2.45) is 0 Å². The molecule has 0 saturated heterocycles. The van der Waals surface area contributed by atoms with Crippen molar-refractivity contribution < 1.29 is 20.1 Å². The van der Waals surface area contributed by atoms with Gasteiger partial charge in [-0.2, -0.15) is 0 Å². The largest absolute Gasteiger partial charge is 0.481 e. The normalized spacial score (nSPS) is 8.85. The van der Waals surface area contributed by atoms with Crippen molar-refractivity contribution in [2.45, 2.75) is 74.5 Å². The van der Waals surface area contributed by atoms with E-state index in [0.29, 0.717) is 0 Å². The summed E-state index contributed by atoms with van der Waals surface area (Å²) in [6, 6.07) is 23.3. The topological polar surface area (TPSA) is 77.8 Å². The van der Waals surface area contributed by atoms with Crippen LogP contribution in [0.2, 0.25) is 0 Å². The summed E-state index contributed by atoms with van der Waals surface area (Å²) < 4.78 is 0. The van der Waals surface area contributed by atoms with Crippen molar-refractivity contribution >= 4 is 5.97 Å². The fourth-order valence-electron chi connectivity index (χ4n) is 2.66. The number of aliphatic carboxylic acids is 1. The molecule has 0 aliphatic heterocycles. The Labute approximate surface area is 206 Å². The first kappa shape index (κ1) is 33.2. The molecule has 0 heterocycles. The molecule has 3 aromatic rings. The minimum absolute atomic E-state index is 0.113. The maximum absolute atomic E-state index is 10.3. The molecule has 0 saturated carbocycles. The lowest BCUT2D eigenvalue weighted by Gasteiger charge is -1.97. The van der Waals surface area contributed by atoms with Gasteiger partial charge in [-0.1, -0.05) is 113 Å². The van der Waals surface area contributed by atoms with E-state index < -0.39 is 5.97 Å². The van der Waals surface area contributed by atoms with Crippen LogP contribution in [0.15, 0.2) is 72.8 Å². The molecule has 0 amide bonds. The van der Waals surface area contributed by atoms with E-state index in [0.717, 1.165) is 34.2 Å². The quantitative estimate of drug-likeness (QED) is 0.380. The summed E-state index contributed by atoms with van der Waals surface area (Å²) in [4.78, 5) is 10.3. The fourth-order valence-corrected chi connectivity index (χ4v) is 2.66. The molecule has 34 heavy (non-hydrogen) atoms. The molecule has 0 fully saturated rings. The lowest BCUT2D eigenvalue weighted by molar-refractivity contribution is -0.136. The van der Waals surface area contributed by atoms with Crippen LogP contribution in [-0.2, 0) is 30.8 Å². The molecule has 0 aromatic heterocycles. The van der Waals surface area contributed by atoms with Gasteiger partial charge in [-0.05, 0) is 48.1 Å². The summed E-state index contributed by atoms with van der Waals surface area (Å²) in [5.41, 5.74) is 6.42. The Morgan fingerprint density at radius 2 is 1.26 bits per heavy atom. The lowest BCUT2D eigenvalue weighted by atomic mass is 10.1.